The minimum absolute atomic E-state index is 0.0719. The summed E-state index contributed by atoms with van der Waals surface area (Å²) in [5.41, 5.74) is 0.181. The topological polar surface area (TPSA) is 145 Å². The Morgan fingerprint density at radius 1 is 0.976 bits per heavy atom. The van der Waals surface area contributed by atoms with Gasteiger partial charge in [-0.2, -0.15) is 0 Å². The molecule has 3 N–H and O–H groups in total. The molecule has 5 rings (SSSR count). The lowest BCUT2D eigenvalue weighted by molar-refractivity contribution is -0.0985. The van der Waals surface area contributed by atoms with E-state index < -0.39 is 21.7 Å². The van der Waals surface area contributed by atoms with Crippen molar-refractivity contribution in [1.82, 2.24) is 14.9 Å². The number of rotatable bonds is 8. The molecule has 1 unspecified atom stereocenters. The van der Waals surface area contributed by atoms with Gasteiger partial charge in [0.05, 0.1) is 36.7 Å². The van der Waals surface area contributed by atoms with Crippen LogP contribution < -0.4 is 15.4 Å². The van der Waals surface area contributed by atoms with Crippen molar-refractivity contribution in [3.8, 4) is 0 Å². The highest BCUT2D eigenvalue weighted by Gasteiger charge is 2.37. The van der Waals surface area contributed by atoms with Crippen molar-refractivity contribution in [2.24, 2.45) is 5.92 Å². The standard InChI is InChI=1S/C28H40N4O8S2/c1-28(2,3)31-42(35,36)24-11-19(30-27(34)40-21-15-38-16-21)9-10-22(24)23-12-32(4)25(41-23)17-5-7-18(8-6-17)29-26(33)39-20-13-37-14-20/h9-12,17-18,20-21,25,31H,5-8,13-16H2,1-4H3,(H,29,33)(H,30,34)/t17-,18-,25?. The summed E-state index contributed by atoms with van der Waals surface area (Å²) in [4.78, 5) is 27.6. The van der Waals surface area contributed by atoms with Gasteiger partial charge in [-0.1, -0.05) is 17.8 Å². The number of hydrogen-bond acceptors (Lipinski definition) is 10. The van der Waals surface area contributed by atoms with Gasteiger partial charge in [0.2, 0.25) is 10.0 Å². The molecule has 232 valence electrons. The largest absolute Gasteiger partial charge is 0.441 e. The Bertz CT molecular complexity index is 1300. The van der Waals surface area contributed by atoms with Crippen molar-refractivity contribution in [2.75, 3.05) is 38.8 Å². The van der Waals surface area contributed by atoms with E-state index in [1.807, 2.05) is 13.2 Å². The number of alkyl carbamates (subject to hydrolysis) is 1. The van der Waals surface area contributed by atoms with Gasteiger partial charge < -0.3 is 29.2 Å². The first-order valence-electron chi connectivity index (χ1n) is 14.3. The highest BCUT2D eigenvalue weighted by atomic mass is 32.2. The van der Waals surface area contributed by atoms with Crippen LogP contribution in [0.15, 0.2) is 29.3 Å². The zero-order valence-electron chi connectivity index (χ0n) is 24.4. The van der Waals surface area contributed by atoms with Gasteiger partial charge in [-0.15, -0.1) is 0 Å². The first kappa shape index (κ1) is 30.9. The Morgan fingerprint density at radius 3 is 2.17 bits per heavy atom. The van der Waals surface area contributed by atoms with Crippen molar-refractivity contribution >= 4 is 44.6 Å². The van der Waals surface area contributed by atoms with Crippen molar-refractivity contribution < 1.29 is 37.0 Å². The molecule has 42 heavy (non-hydrogen) atoms. The van der Waals surface area contributed by atoms with E-state index in [1.165, 1.54) is 6.07 Å². The molecule has 1 saturated carbocycles. The lowest BCUT2D eigenvalue weighted by Crippen LogP contribution is -2.45. The molecular weight excluding hydrogens is 584 g/mol. The number of benzene rings is 1. The molecule has 2 amide bonds. The fourth-order valence-electron chi connectivity index (χ4n) is 5.31. The summed E-state index contributed by atoms with van der Waals surface area (Å²) in [5, 5.41) is 5.76. The third-order valence-corrected chi connectivity index (χ3v) is 10.8. The lowest BCUT2D eigenvalue weighted by Gasteiger charge is -2.35. The van der Waals surface area contributed by atoms with E-state index in [9.17, 15) is 18.0 Å². The van der Waals surface area contributed by atoms with Crippen molar-refractivity contribution in [3.05, 3.63) is 30.0 Å². The average molecular weight is 625 g/mol. The quantitative estimate of drug-likeness (QED) is 0.392. The van der Waals surface area contributed by atoms with Gasteiger partial charge >= 0.3 is 12.2 Å². The number of nitrogens with one attached hydrogen (secondary N) is 3. The number of amides is 2. The number of thioether (sulfide) groups is 1. The molecule has 3 fully saturated rings. The maximum Gasteiger partial charge on any atom is 0.412 e. The normalized spacial score (nSPS) is 25.2. The predicted molar refractivity (Wildman–Crippen MR) is 158 cm³/mol. The van der Waals surface area contributed by atoms with E-state index in [1.54, 1.807) is 44.7 Å². The first-order valence-corrected chi connectivity index (χ1v) is 16.6. The summed E-state index contributed by atoms with van der Waals surface area (Å²) in [6.45, 7) is 6.96. The minimum atomic E-state index is -3.94. The van der Waals surface area contributed by atoms with E-state index in [0.29, 0.717) is 43.6 Å². The first-order chi connectivity index (χ1) is 19.9. The van der Waals surface area contributed by atoms with Crippen LogP contribution in [0.1, 0.15) is 52.0 Å². The maximum absolute atomic E-state index is 13.6. The third kappa shape index (κ3) is 7.70. The average Bonchev–Trinajstić information content (AvgIpc) is 3.24. The molecule has 1 aromatic carbocycles. The van der Waals surface area contributed by atoms with E-state index in [4.69, 9.17) is 18.9 Å². The molecule has 14 heteroatoms. The lowest BCUT2D eigenvalue weighted by atomic mass is 9.85. The van der Waals surface area contributed by atoms with Gasteiger partial charge in [0, 0.05) is 41.0 Å². The molecule has 3 aliphatic heterocycles. The van der Waals surface area contributed by atoms with Crippen LogP contribution in [0, 0.1) is 5.92 Å². The molecule has 3 heterocycles. The SMILES string of the molecule is CN1C=C(c2ccc(NC(=O)OC3COC3)cc2S(=O)(=O)NC(C)(C)C)SC1[C@H]1CC[C@H](NC(=O)OC2COC2)CC1. The number of anilines is 1. The van der Waals surface area contributed by atoms with Crippen LogP contribution in [0.25, 0.3) is 4.91 Å². The van der Waals surface area contributed by atoms with Gasteiger partial charge in [-0.25, -0.2) is 22.7 Å². The monoisotopic (exact) mass is 624 g/mol. The van der Waals surface area contributed by atoms with Gasteiger partial charge in [-0.05, 0) is 64.5 Å². The molecule has 1 atom stereocenters. The molecule has 0 bridgehead atoms. The number of hydrogen-bond donors (Lipinski definition) is 3. The Balaban J connectivity index is 1.26. The summed E-state index contributed by atoms with van der Waals surface area (Å²) >= 11 is 1.64. The van der Waals surface area contributed by atoms with Crippen LogP contribution in [0.2, 0.25) is 0 Å². The molecule has 0 spiro atoms. The number of carbonyl (C=O) groups excluding carboxylic acids is 2. The van der Waals surface area contributed by atoms with E-state index >= 15 is 0 Å². The summed E-state index contributed by atoms with van der Waals surface area (Å²) in [7, 11) is -1.94. The predicted octanol–water partition coefficient (Wildman–Crippen LogP) is 3.70. The number of ether oxygens (including phenoxy) is 4. The van der Waals surface area contributed by atoms with E-state index in [-0.39, 0.29) is 34.6 Å². The Hall–Kier alpha value is -2.52. The summed E-state index contributed by atoms with van der Waals surface area (Å²) in [6, 6.07) is 4.96. The molecule has 1 aliphatic carbocycles. The summed E-state index contributed by atoms with van der Waals surface area (Å²) in [5.74, 6) is 0.363. The third-order valence-electron chi connectivity index (χ3n) is 7.45. The smallest absolute Gasteiger partial charge is 0.412 e. The molecule has 2 saturated heterocycles. The van der Waals surface area contributed by atoms with Crippen molar-refractivity contribution in [2.45, 2.75) is 80.5 Å². The summed E-state index contributed by atoms with van der Waals surface area (Å²) in [6.07, 6.45) is 4.03. The number of carbonyl (C=O) groups is 2. The maximum atomic E-state index is 13.6. The molecule has 0 aromatic heterocycles. The second kappa shape index (κ2) is 12.6. The molecule has 0 radical (unpaired) electrons. The van der Waals surface area contributed by atoms with Crippen LogP contribution >= 0.6 is 11.8 Å². The van der Waals surface area contributed by atoms with Crippen LogP contribution in [0.4, 0.5) is 15.3 Å². The molecule has 12 nitrogen and oxygen atoms in total. The molecule has 4 aliphatic rings. The molecular formula is C28H40N4O8S2. The highest BCUT2D eigenvalue weighted by molar-refractivity contribution is 8.09. The van der Waals surface area contributed by atoms with Crippen LogP contribution in [0.3, 0.4) is 0 Å². The van der Waals surface area contributed by atoms with E-state index in [2.05, 4.69) is 20.3 Å². The zero-order valence-corrected chi connectivity index (χ0v) is 26.0. The summed E-state index contributed by atoms with van der Waals surface area (Å²) < 4.78 is 50.6. The Kier molecular flexibility index (Phi) is 9.28. The van der Waals surface area contributed by atoms with Crippen LogP contribution in [-0.4, -0.2) is 88.1 Å². The molecule has 1 aromatic rings. The fraction of sp³-hybridized carbons (Fsp3) is 0.643. The van der Waals surface area contributed by atoms with Gasteiger partial charge in [0.15, 0.2) is 12.2 Å². The highest BCUT2D eigenvalue weighted by Crippen LogP contribution is 2.47. The number of sulfonamides is 1. The minimum Gasteiger partial charge on any atom is -0.441 e. The zero-order chi connectivity index (χ0) is 30.1. The second-order valence-corrected chi connectivity index (χ2v) is 15.1. The van der Waals surface area contributed by atoms with E-state index in [0.717, 1.165) is 30.6 Å². The van der Waals surface area contributed by atoms with Crippen molar-refractivity contribution in [1.29, 1.82) is 0 Å². The Labute approximate surface area is 251 Å². The van der Waals surface area contributed by atoms with Crippen LogP contribution in [-0.2, 0) is 29.0 Å². The second-order valence-electron chi connectivity index (χ2n) is 12.2. The van der Waals surface area contributed by atoms with Gasteiger partial charge in [0.1, 0.15) is 0 Å². The van der Waals surface area contributed by atoms with Gasteiger partial charge in [-0.3, -0.25) is 5.32 Å². The van der Waals surface area contributed by atoms with Crippen molar-refractivity contribution in [3.63, 3.8) is 0 Å². The van der Waals surface area contributed by atoms with Gasteiger partial charge in [0.25, 0.3) is 0 Å². The van der Waals surface area contributed by atoms with Crippen LogP contribution in [0.5, 0.6) is 0 Å². The fourth-order valence-corrected chi connectivity index (χ4v) is 8.53. The Morgan fingerprint density at radius 2 is 1.60 bits per heavy atom. The number of nitrogens with zero attached hydrogens (tertiary/aromatic N) is 1.